The molecule has 10 heteroatoms. The Kier molecular flexibility index (Phi) is 7.09. The number of aryl methyl sites for hydroxylation is 2. The zero-order valence-electron chi connectivity index (χ0n) is 18.7. The van der Waals surface area contributed by atoms with Gasteiger partial charge in [-0.1, -0.05) is 29.8 Å². The van der Waals surface area contributed by atoms with Gasteiger partial charge in [0.05, 0.1) is 10.6 Å². The molecule has 0 aromatic heterocycles. The van der Waals surface area contributed by atoms with Crippen LogP contribution in [0, 0.1) is 19.8 Å². The molecule has 0 saturated carbocycles. The minimum Gasteiger partial charge on any atom is -0.325 e. The van der Waals surface area contributed by atoms with Crippen LogP contribution in [-0.4, -0.2) is 58.5 Å². The maximum atomic E-state index is 13.1. The van der Waals surface area contributed by atoms with Gasteiger partial charge in [-0.2, -0.15) is 4.31 Å². The Morgan fingerprint density at radius 1 is 0.969 bits per heavy atom. The van der Waals surface area contributed by atoms with Crippen LogP contribution < -0.4 is 5.32 Å². The molecule has 32 heavy (non-hydrogen) atoms. The number of rotatable bonds is 6. The van der Waals surface area contributed by atoms with Gasteiger partial charge < -0.3 is 5.32 Å². The second-order valence-electron chi connectivity index (χ2n) is 8.22. The van der Waals surface area contributed by atoms with Crippen molar-refractivity contribution in [3.05, 3.63) is 53.6 Å². The van der Waals surface area contributed by atoms with Crippen molar-refractivity contribution in [1.29, 1.82) is 0 Å². The highest BCUT2D eigenvalue weighted by atomic mass is 32.2. The lowest BCUT2D eigenvalue weighted by Gasteiger charge is -2.31. The Bertz CT molecular complexity index is 1220. The summed E-state index contributed by atoms with van der Waals surface area (Å²) in [6.45, 7) is 4.14. The topological polar surface area (TPSA) is 104 Å². The van der Waals surface area contributed by atoms with Crippen LogP contribution in [-0.2, 0) is 24.8 Å². The number of amides is 1. The molecule has 1 heterocycles. The van der Waals surface area contributed by atoms with Crippen molar-refractivity contribution >= 4 is 31.6 Å². The number of nitrogens with one attached hydrogen (secondary N) is 1. The molecule has 1 fully saturated rings. The number of anilines is 1. The summed E-state index contributed by atoms with van der Waals surface area (Å²) in [4.78, 5) is 13.2. The van der Waals surface area contributed by atoms with Gasteiger partial charge in [0.2, 0.25) is 26.0 Å². The van der Waals surface area contributed by atoms with E-state index in [9.17, 15) is 21.6 Å². The highest BCUT2D eigenvalue weighted by Crippen LogP contribution is 2.28. The number of hydrogen-bond acceptors (Lipinski definition) is 5. The second-order valence-corrected chi connectivity index (χ2v) is 12.2. The molecule has 0 aliphatic carbocycles. The molecule has 174 valence electrons. The van der Waals surface area contributed by atoms with Gasteiger partial charge in [-0.15, -0.1) is 0 Å². The fourth-order valence-corrected chi connectivity index (χ4v) is 6.53. The minimum atomic E-state index is -3.72. The summed E-state index contributed by atoms with van der Waals surface area (Å²) in [5.74, 6) is -0.717. The summed E-state index contributed by atoms with van der Waals surface area (Å²) in [5, 5.41) is 2.73. The molecule has 0 bridgehead atoms. The van der Waals surface area contributed by atoms with Gasteiger partial charge in [-0.05, 0) is 50.5 Å². The average molecular weight is 480 g/mol. The van der Waals surface area contributed by atoms with Crippen LogP contribution in [0.25, 0.3) is 0 Å². The predicted octanol–water partition coefficient (Wildman–Crippen LogP) is 2.59. The van der Waals surface area contributed by atoms with E-state index in [2.05, 4.69) is 5.32 Å². The van der Waals surface area contributed by atoms with E-state index in [1.54, 1.807) is 37.3 Å². The summed E-state index contributed by atoms with van der Waals surface area (Å²) in [6, 6.07) is 11.5. The molecule has 0 unspecified atom stereocenters. The molecule has 1 N–H and O–H groups in total. The number of para-hydroxylation sites is 1. The van der Waals surface area contributed by atoms with Crippen LogP contribution >= 0.6 is 0 Å². The highest BCUT2D eigenvalue weighted by Gasteiger charge is 2.33. The van der Waals surface area contributed by atoms with Crippen LogP contribution in [0.2, 0.25) is 0 Å². The molecule has 1 saturated heterocycles. The van der Waals surface area contributed by atoms with E-state index in [1.807, 2.05) is 13.0 Å². The third-order valence-electron chi connectivity index (χ3n) is 5.68. The summed E-state index contributed by atoms with van der Waals surface area (Å²) in [6.07, 6.45) is 0.719. The number of sulfonamides is 2. The van der Waals surface area contributed by atoms with E-state index in [4.69, 9.17) is 0 Å². The van der Waals surface area contributed by atoms with Crippen LogP contribution in [0.4, 0.5) is 5.69 Å². The summed E-state index contributed by atoms with van der Waals surface area (Å²) >= 11 is 0. The van der Waals surface area contributed by atoms with Crippen LogP contribution in [0.15, 0.2) is 52.3 Å². The van der Waals surface area contributed by atoms with E-state index in [1.165, 1.54) is 24.5 Å². The molecule has 1 aliphatic heterocycles. The molecule has 8 nitrogen and oxygen atoms in total. The van der Waals surface area contributed by atoms with E-state index in [-0.39, 0.29) is 34.5 Å². The molecule has 1 amide bonds. The van der Waals surface area contributed by atoms with Gasteiger partial charge in [0, 0.05) is 33.1 Å². The van der Waals surface area contributed by atoms with E-state index < -0.39 is 26.0 Å². The third kappa shape index (κ3) is 4.88. The van der Waals surface area contributed by atoms with Crippen LogP contribution in [0.1, 0.15) is 24.0 Å². The number of nitrogens with zero attached hydrogens (tertiary/aromatic N) is 2. The maximum absolute atomic E-state index is 13.1. The molecule has 0 atom stereocenters. The first-order chi connectivity index (χ1) is 14.9. The van der Waals surface area contributed by atoms with Gasteiger partial charge in [-0.3, -0.25) is 4.79 Å². The Hall–Kier alpha value is -2.27. The summed E-state index contributed by atoms with van der Waals surface area (Å²) < 4.78 is 53.7. The van der Waals surface area contributed by atoms with E-state index >= 15 is 0 Å². The van der Waals surface area contributed by atoms with E-state index in [0.29, 0.717) is 18.4 Å². The van der Waals surface area contributed by atoms with Crippen molar-refractivity contribution in [3.63, 3.8) is 0 Å². The second kappa shape index (κ2) is 9.30. The largest absolute Gasteiger partial charge is 0.325 e. The van der Waals surface area contributed by atoms with Crippen molar-refractivity contribution in [3.8, 4) is 0 Å². The van der Waals surface area contributed by atoms with Crippen molar-refractivity contribution < 1.29 is 21.6 Å². The quantitative estimate of drug-likeness (QED) is 0.686. The number of hydrogen-bond donors (Lipinski definition) is 1. The van der Waals surface area contributed by atoms with Crippen LogP contribution in [0.5, 0.6) is 0 Å². The number of benzene rings is 2. The Labute approximate surface area is 190 Å². The molecule has 2 aromatic rings. The highest BCUT2D eigenvalue weighted by molar-refractivity contribution is 7.89. The molecule has 3 rings (SSSR count). The third-order valence-corrected chi connectivity index (χ3v) is 9.61. The first-order valence-electron chi connectivity index (χ1n) is 10.3. The normalized spacial score (nSPS) is 16.3. The molecule has 2 aromatic carbocycles. The van der Waals surface area contributed by atoms with Crippen LogP contribution in [0.3, 0.4) is 0 Å². The Morgan fingerprint density at radius 3 is 2.19 bits per heavy atom. The standard InChI is InChI=1S/C22H29N3O5S2/c1-16-9-10-20(17(2)15-16)32(29,30)25-13-11-18(12-14-25)22(26)23-19-7-5-6-8-21(19)31(27,28)24(3)4/h5-10,15,18H,11-14H2,1-4H3,(H,23,26). The molecule has 0 spiro atoms. The number of carbonyl (C=O) groups is 1. The smallest absolute Gasteiger partial charge is 0.244 e. The van der Waals surface area contributed by atoms with Gasteiger partial charge in [-0.25, -0.2) is 21.1 Å². The monoisotopic (exact) mass is 479 g/mol. The molecule has 0 radical (unpaired) electrons. The lowest BCUT2D eigenvalue weighted by atomic mass is 9.97. The van der Waals surface area contributed by atoms with Gasteiger partial charge >= 0.3 is 0 Å². The van der Waals surface area contributed by atoms with Gasteiger partial charge in [0.1, 0.15) is 4.90 Å². The lowest BCUT2D eigenvalue weighted by molar-refractivity contribution is -0.120. The number of piperidine rings is 1. The SMILES string of the molecule is Cc1ccc(S(=O)(=O)N2CCC(C(=O)Nc3ccccc3S(=O)(=O)N(C)C)CC2)c(C)c1. The van der Waals surface area contributed by atoms with Crippen molar-refractivity contribution in [2.45, 2.75) is 36.5 Å². The summed E-state index contributed by atoms with van der Waals surface area (Å²) in [7, 11) is -4.49. The molecular formula is C22H29N3O5S2. The molecule has 1 aliphatic rings. The fraction of sp³-hybridized carbons (Fsp3) is 0.409. The predicted molar refractivity (Wildman–Crippen MR) is 123 cm³/mol. The first kappa shape index (κ1) is 24.4. The Balaban J connectivity index is 1.71. The van der Waals surface area contributed by atoms with Gasteiger partial charge in [0.15, 0.2) is 0 Å². The minimum absolute atomic E-state index is 0.0215. The molecular weight excluding hydrogens is 450 g/mol. The van der Waals surface area contributed by atoms with Gasteiger partial charge in [0.25, 0.3) is 0 Å². The fourth-order valence-electron chi connectivity index (χ4n) is 3.81. The maximum Gasteiger partial charge on any atom is 0.244 e. The van der Waals surface area contributed by atoms with Crippen molar-refractivity contribution in [1.82, 2.24) is 8.61 Å². The first-order valence-corrected chi connectivity index (χ1v) is 13.2. The zero-order chi connectivity index (χ0) is 23.7. The average Bonchev–Trinajstić information content (AvgIpc) is 2.73. The summed E-state index contributed by atoms with van der Waals surface area (Å²) in [5.41, 5.74) is 1.91. The van der Waals surface area contributed by atoms with Crippen molar-refractivity contribution in [2.24, 2.45) is 5.92 Å². The number of carbonyl (C=O) groups excluding carboxylic acids is 1. The van der Waals surface area contributed by atoms with E-state index in [0.717, 1.165) is 9.87 Å². The van der Waals surface area contributed by atoms with Crippen molar-refractivity contribution in [2.75, 3.05) is 32.5 Å². The lowest BCUT2D eigenvalue weighted by Crippen LogP contribution is -2.41. The zero-order valence-corrected chi connectivity index (χ0v) is 20.3. The Morgan fingerprint density at radius 2 is 1.59 bits per heavy atom.